The topological polar surface area (TPSA) is 149 Å². The highest BCUT2D eigenvalue weighted by atomic mass is 32.1. The second-order valence-corrected chi connectivity index (χ2v) is 16.2. The van der Waals surface area contributed by atoms with Crippen LogP contribution >= 0.6 is 11.3 Å². The van der Waals surface area contributed by atoms with Gasteiger partial charge in [-0.2, -0.15) is 0 Å². The number of hydrogen-bond acceptors (Lipinski definition) is 10. The maximum atomic E-state index is 13.9. The first-order valence-corrected chi connectivity index (χ1v) is 19.1. The van der Waals surface area contributed by atoms with Gasteiger partial charge in [0.15, 0.2) is 0 Å². The summed E-state index contributed by atoms with van der Waals surface area (Å²) in [7, 11) is 0. The molecule has 4 N–H and O–H groups in total. The van der Waals surface area contributed by atoms with Gasteiger partial charge in [0.2, 0.25) is 11.8 Å². The number of thiazole rings is 1. The summed E-state index contributed by atoms with van der Waals surface area (Å²) in [5, 5.41) is 23.7. The van der Waals surface area contributed by atoms with Crippen molar-refractivity contribution in [1.82, 2.24) is 35.7 Å². The van der Waals surface area contributed by atoms with Crippen molar-refractivity contribution in [2.45, 2.75) is 97.7 Å². The van der Waals surface area contributed by atoms with Crippen LogP contribution in [-0.4, -0.2) is 99.2 Å². The average Bonchev–Trinajstić information content (AvgIpc) is 3.57. The molecule has 3 heterocycles. The van der Waals surface area contributed by atoms with Crippen LogP contribution in [0.2, 0.25) is 0 Å². The number of nitrogens with zero attached hydrogens (tertiary/aromatic N) is 4. The summed E-state index contributed by atoms with van der Waals surface area (Å²) in [6, 6.07) is 12.5. The number of aliphatic hydroxyl groups excluding tert-OH is 1. The van der Waals surface area contributed by atoms with E-state index >= 15 is 0 Å². The molecular formula is C39H57N7O5S. The number of β-amino-alcohol motifs (C(OH)–C–C–N with tert-alkyl or cyclic N) is 1. The molecule has 0 radical (unpaired) electrons. The first-order valence-electron chi connectivity index (χ1n) is 18.2. The fourth-order valence-corrected chi connectivity index (χ4v) is 6.99. The second kappa shape index (κ2) is 19.2. The Morgan fingerprint density at radius 1 is 1.04 bits per heavy atom. The Bertz CT molecular complexity index is 1560. The Hall–Kier alpha value is -3.91. The predicted octanol–water partition coefficient (Wildman–Crippen LogP) is 4.35. The van der Waals surface area contributed by atoms with Crippen LogP contribution in [0.1, 0.15) is 76.2 Å². The van der Waals surface area contributed by atoms with Crippen LogP contribution < -0.4 is 16.0 Å². The number of nitrogens with one attached hydrogen (secondary N) is 3. The lowest BCUT2D eigenvalue weighted by molar-refractivity contribution is -0.132. The summed E-state index contributed by atoms with van der Waals surface area (Å²) >= 11 is 1.53. The number of amides is 3. The van der Waals surface area contributed by atoms with Crippen LogP contribution in [0.15, 0.2) is 60.2 Å². The van der Waals surface area contributed by atoms with E-state index in [4.69, 9.17) is 4.74 Å². The number of aromatic nitrogens is 2. The molecule has 0 saturated carbocycles. The van der Waals surface area contributed by atoms with Gasteiger partial charge in [0.1, 0.15) is 12.6 Å². The monoisotopic (exact) mass is 735 g/mol. The number of pyridine rings is 1. The summed E-state index contributed by atoms with van der Waals surface area (Å²) in [6.45, 7) is 16.5. The van der Waals surface area contributed by atoms with Crippen LogP contribution in [-0.2, 0) is 33.9 Å². The van der Waals surface area contributed by atoms with Gasteiger partial charge in [-0.25, -0.2) is 9.78 Å². The van der Waals surface area contributed by atoms with E-state index < -0.39 is 35.7 Å². The second-order valence-electron chi connectivity index (χ2n) is 15.4. The number of carbonyl (C=O) groups excluding carboxylic acids is 3. The van der Waals surface area contributed by atoms with Crippen LogP contribution in [0.3, 0.4) is 0 Å². The van der Waals surface area contributed by atoms with E-state index in [9.17, 15) is 19.5 Å². The van der Waals surface area contributed by atoms with E-state index in [0.29, 0.717) is 44.2 Å². The highest BCUT2D eigenvalue weighted by Crippen LogP contribution is 2.21. The smallest absolute Gasteiger partial charge is 0.407 e. The van der Waals surface area contributed by atoms with Crippen LogP contribution in [0.5, 0.6) is 0 Å². The van der Waals surface area contributed by atoms with Crippen molar-refractivity contribution in [3.05, 3.63) is 82.1 Å². The Labute approximate surface area is 312 Å². The minimum atomic E-state index is -0.987. The maximum Gasteiger partial charge on any atom is 0.407 e. The van der Waals surface area contributed by atoms with E-state index in [-0.39, 0.29) is 37.4 Å². The molecule has 0 bridgehead atoms. The average molecular weight is 736 g/mol. The number of aliphatic hydroxyl groups is 1. The number of ether oxygens (including phenoxy) is 1. The van der Waals surface area contributed by atoms with Gasteiger partial charge in [-0.15, -0.1) is 11.3 Å². The van der Waals surface area contributed by atoms with E-state index in [1.165, 1.54) is 11.3 Å². The molecule has 0 unspecified atom stereocenters. The minimum Gasteiger partial charge on any atom is -0.443 e. The SMILES string of the molecule is CC(C)c1nc(COC(=O)NC[C@H](C(=O)N[C@H](Cc2ccccc2)[C@@H](O)CN2CCN(Cc3cccnc3)C[C@@H]2C(=O)NC(C)(C)C)C(C)C)cs1. The van der Waals surface area contributed by atoms with Crippen molar-refractivity contribution in [3.63, 3.8) is 0 Å². The van der Waals surface area contributed by atoms with Crippen molar-refractivity contribution in [2.24, 2.45) is 11.8 Å². The molecule has 1 fully saturated rings. The molecule has 12 nitrogen and oxygen atoms in total. The van der Waals surface area contributed by atoms with Gasteiger partial charge in [-0.1, -0.05) is 64.1 Å². The van der Waals surface area contributed by atoms with Gasteiger partial charge in [-0.05, 0) is 50.3 Å². The number of benzene rings is 1. The zero-order valence-corrected chi connectivity index (χ0v) is 32.5. The standard InChI is InChI=1S/C39H57N7O5S/c1-26(2)31(20-41-38(50)51-24-30-25-52-37(42-30)27(3)4)35(48)43-32(18-28-12-9-8-10-13-28)34(47)23-46-17-16-45(21-29-14-11-15-40-19-29)22-33(46)36(49)44-39(5,6)7/h8-15,19,25-27,31-34,47H,16-18,20-24H2,1-7H3,(H,41,50)(H,43,48)(H,44,49)/t31-,32+,33+,34-/m0/s1. The molecule has 2 aromatic heterocycles. The van der Waals surface area contributed by atoms with E-state index in [1.54, 1.807) is 6.20 Å². The molecule has 52 heavy (non-hydrogen) atoms. The van der Waals surface area contributed by atoms with Crippen molar-refractivity contribution < 1.29 is 24.2 Å². The van der Waals surface area contributed by atoms with Gasteiger partial charge in [0.05, 0.1) is 28.8 Å². The molecule has 1 aliphatic rings. The lowest BCUT2D eigenvalue weighted by atomic mass is 9.93. The molecule has 284 valence electrons. The largest absolute Gasteiger partial charge is 0.443 e. The molecule has 0 aliphatic carbocycles. The van der Waals surface area contributed by atoms with Gasteiger partial charge < -0.3 is 25.8 Å². The summed E-state index contributed by atoms with van der Waals surface area (Å²) in [4.78, 5) is 53.2. The Kier molecular flexibility index (Phi) is 15.1. The molecule has 13 heteroatoms. The van der Waals surface area contributed by atoms with Crippen molar-refractivity contribution >= 4 is 29.2 Å². The molecule has 4 rings (SSSR count). The lowest BCUT2D eigenvalue weighted by Crippen LogP contribution is -2.63. The van der Waals surface area contributed by atoms with Gasteiger partial charge >= 0.3 is 6.09 Å². The molecule has 3 aromatic rings. The summed E-state index contributed by atoms with van der Waals surface area (Å²) in [5.74, 6) is -0.775. The van der Waals surface area contributed by atoms with Crippen molar-refractivity contribution in [2.75, 3.05) is 32.7 Å². The van der Waals surface area contributed by atoms with E-state index in [2.05, 4.69) is 44.7 Å². The van der Waals surface area contributed by atoms with Gasteiger partial charge in [0, 0.05) is 68.5 Å². The fourth-order valence-electron chi connectivity index (χ4n) is 6.17. The number of carbonyl (C=O) groups is 3. The maximum absolute atomic E-state index is 13.9. The summed E-state index contributed by atoms with van der Waals surface area (Å²) in [6.07, 6.45) is 2.36. The van der Waals surface area contributed by atoms with Crippen molar-refractivity contribution in [1.29, 1.82) is 0 Å². The molecule has 1 aromatic carbocycles. The number of alkyl carbamates (subject to hydrolysis) is 1. The van der Waals surface area contributed by atoms with E-state index in [0.717, 1.165) is 16.1 Å². The summed E-state index contributed by atoms with van der Waals surface area (Å²) < 4.78 is 5.39. The van der Waals surface area contributed by atoms with Crippen LogP contribution in [0.25, 0.3) is 0 Å². The van der Waals surface area contributed by atoms with Gasteiger partial charge in [-0.3, -0.25) is 24.4 Å². The van der Waals surface area contributed by atoms with Crippen LogP contribution in [0.4, 0.5) is 4.79 Å². The molecule has 0 spiro atoms. The first kappa shape index (κ1) is 40.9. The number of piperazine rings is 1. The number of hydrogen-bond donors (Lipinski definition) is 4. The van der Waals surface area contributed by atoms with E-state index in [1.807, 2.05) is 93.6 Å². The molecule has 1 aliphatic heterocycles. The third-order valence-electron chi connectivity index (χ3n) is 9.04. The number of rotatable bonds is 16. The summed E-state index contributed by atoms with van der Waals surface area (Å²) in [5.41, 5.74) is 2.29. The Morgan fingerprint density at radius 3 is 2.40 bits per heavy atom. The normalized spacial score (nSPS) is 17.4. The predicted molar refractivity (Wildman–Crippen MR) is 204 cm³/mol. The quantitative estimate of drug-likeness (QED) is 0.169. The zero-order valence-electron chi connectivity index (χ0n) is 31.7. The third-order valence-corrected chi connectivity index (χ3v) is 10.2. The Balaban J connectivity index is 1.44. The van der Waals surface area contributed by atoms with Crippen LogP contribution in [0, 0.1) is 11.8 Å². The first-order chi connectivity index (χ1) is 24.7. The third kappa shape index (κ3) is 12.9. The fraction of sp³-hybridized carbons (Fsp3) is 0.564. The molecule has 1 saturated heterocycles. The molecule has 4 atom stereocenters. The Morgan fingerprint density at radius 2 is 1.77 bits per heavy atom. The highest BCUT2D eigenvalue weighted by molar-refractivity contribution is 7.09. The minimum absolute atomic E-state index is 0.0471. The molecular weight excluding hydrogens is 679 g/mol. The highest BCUT2D eigenvalue weighted by Gasteiger charge is 2.37. The molecule has 3 amide bonds. The lowest BCUT2D eigenvalue weighted by Gasteiger charge is -2.43. The van der Waals surface area contributed by atoms with Crippen molar-refractivity contribution in [3.8, 4) is 0 Å². The van der Waals surface area contributed by atoms with Gasteiger partial charge in [0.25, 0.3) is 0 Å². The zero-order chi connectivity index (χ0) is 37.8.